The number of hydrogen-bond donors (Lipinski definition) is 1. The molecule has 1 aliphatic rings. The third-order valence-electron chi connectivity index (χ3n) is 5.97. The lowest BCUT2D eigenvalue weighted by molar-refractivity contribution is -0.143. The summed E-state index contributed by atoms with van der Waals surface area (Å²) in [6.07, 6.45) is 0.494. The number of nitrogens with one attached hydrogen (secondary N) is 1. The Morgan fingerprint density at radius 1 is 1.11 bits per heavy atom. The van der Waals surface area contributed by atoms with Crippen molar-refractivity contribution in [2.45, 2.75) is 39.9 Å². The molecule has 1 aliphatic heterocycles. The number of esters is 1. The van der Waals surface area contributed by atoms with E-state index in [-0.39, 0.29) is 37.4 Å². The molecule has 1 fully saturated rings. The zero-order valence-electron chi connectivity index (χ0n) is 20.1. The fourth-order valence-electron chi connectivity index (χ4n) is 4.25. The van der Waals surface area contributed by atoms with E-state index >= 15 is 0 Å². The summed E-state index contributed by atoms with van der Waals surface area (Å²) in [6, 6.07) is 9.64. The molecule has 0 saturated carbocycles. The Hall–Kier alpha value is -3.84. The Kier molecular flexibility index (Phi) is 7.67. The highest BCUT2D eigenvalue weighted by Gasteiger charge is 2.26. The fourth-order valence-corrected chi connectivity index (χ4v) is 4.25. The van der Waals surface area contributed by atoms with E-state index in [0.29, 0.717) is 25.5 Å². The van der Waals surface area contributed by atoms with E-state index in [0.717, 1.165) is 18.7 Å². The van der Waals surface area contributed by atoms with Crippen molar-refractivity contribution in [3.63, 3.8) is 0 Å². The van der Waals surface area contributed by atoms with Crippen molar-refractivity contribution in [2.24, 2.45) is 0 Å². The highest BCUT2D eigenvalue weighted by atomic mass is 16.5. The first-order valence-corrected chi connectivity index (χ1v) is 11.8. The number of aromatic nitrogens is 4. The number of piperazine rings is 1. The number of imidazole rings is 1. The van der Waals surface area contributed by atoms with Crippen LogP contribution >= 0.6 is 0 Å². The highest BCUT2D eigenvalue weighted by molar-refractivity contribution is 5.77. The number of aryl methyl sites for hydroxylation is 1. The first-order valence-electron chi connectivity index (χ1n) is 11.8. The predicted octanol–water partition coefficient (Wildman–Crippen LogP) is 0.598. The van der Waals surface area contributed by atoms with Gasteiger partial charge in [0.2, 0.25) is 5.95 Å². The average Bonchev–Trinajstić information content (AvgIpc) is 3.26. The Labute approximate surface area is 203 Å². The quantitative estimate of drug-likeness (QED) is 0.374. The van der Waals surface area contributed by atoms with Gasteiger partial charge in [0.15, 0.2) is 11.2 Å². The van der Waals surface area contributed by atoms with Gasteiger partial charge in [0.25, 0.3) is 5.56 Å². The molecule has 0 spiro atoms. The van der Waals surface area contributed by atoms with Gasteiger partial charge in [0, 0.05) is 32.7 Å². The number of rotatable bonds is 8. The summed E-state index contributed by atoms with van der Waals surface area (Å²) in [7, 11) is 0. The van der Waals surface area contributed by atoms with E-state index < -0.39 is 17.2 Å². The van der Waals surface area contributed by atoms with E-state index in [1.807, 2.05) is 30.3 Å². The molecule has 0 unspecified atom stereocenters. The highest BCUT2D eigenvalue weighted by Crippen LogP contribution is 2.20. The smallest absolute Gasteiger partial charge is 0.333 e. The fraction of sp³-hybridized carbons (Fsp3) is 0.440. The van der Waals surface area contributed by atoms with Crippen molar-refractivity contribution in [2.75, 3.05) is 37.7 Å². The van der Waals surface area contributed by atoms with Crippen LogP contribution in [0.2, 0.25) is 0 Å². The SMILES string of the molecule is CC#CCn1c(N2CCNCC2)nc2c1c(=O)n(CCc1ccccc1)c(=O)n2CC(=O)OCC. The molecule has 3 heterocycles. The van der Waals surface area contributed by atoms with Crippen LogP contribution < -0.4 is 21.5 Å². The summed E-state index contributed by atoms with van der Waals surface area (Å²) in [4.78, 5) is 46.4. The Bertz CT molecular complexity index is 1370. The second-order valence-electron chi connectivity index (χ2n) is 8.20. The van der Waals surface area contributed by atoms with Gasteiger partial charge in [-0.3, -0.25) is 23.3 Å². The van der Waals surface area contributed by atoms with Crippen molar-refractivity contribution < 1.29 is 9.53 Å². The lowest BCUT2D eigenvalue weighted by atomic mass is 10.1. The Morgan fingerprint density at radius 3 is 2.54 bits per heavy atom. The average molecular weight is 479 g/mol. The second kappa shape index (κ2) is 11.1. The van der Waals surface area contributed by atoms with Crippen LogP contribution in [0.15, 0.2) is 39.9 Å². The molecule has 1 saturated heterocycles. The molecule has 10 nitrogen and oxygen atoms in total. The van der Waals surface area contributed by atoms with Gasteiger partial charge in [-0.15, -0.1) is 5.92 Å². The molecule has 0 aliphatic carbocycles. The van der Waals surface area contributed by atoms with Crippen molar-refractivity contribution >= 4 is 23.1 Å². The molecule has 3 aromatic rings. The van der Waals surface area contributed by atoms with Crippen LogP contribution in [0.5, 0.6) is 0 Å². The molecule has 2 aromatic heterocycles. The van der Waals surface area contributed by atoms with Crippen LogP contribution in [0.4, 0.5) is 5.95 Å². The molecule has 10 heteroatoms. The van der Waals surface area contributed by atoms with Gasteiger partial charge in [-0.05, 0) is 25.8 Å². The first kappa shape index (κ1) is 24.3. The standard InChI is InChI=1S/C25H30N6O4/c1-3-5-14-29-21-22(27-24(29)28-16-12-26-13-17-28)31(18-20(32)35-4-2)25(34)30(23(21)33)15-11-19-9-7-6-8-10-19/h6-10,26H,4,11-18H2,1-2H3. The van der Waals surface area contributed by atoms with Crippen LogP contribution in [0.1, 0.15) is 19.4 Å². The van der Waals surface area contributed by atoms with Gasteiger partial charge in [0.05, 0.1) is 13.2 Å². The minimum atomic E-state index is -0.579. The zero-order chi connectivity index (χ0) is 24.8. The maximum atomic E-state index is 13.7. The number of carbonyl (C=O) groups excluding carboxylic acids is 1. The van der Waals surface area contributed by atoms with Crippen LogP contribution in [0, 0.1) is 11.8 Å². The maximum absolute atomic E-state index is 13.7. The monoisotopic (exact) mass is 478 g/mol. The van der Waals surface area contributed by atoms with Crippen LogP contribution in [-0.4, -0.2) is 57.4 Å². The Morgan fingerprint density at radius 2 is 1.86 bits per heavy atom. The number of anilines is 1. The molecule has 0 bridgehead atoms. The molecule has 1 aromatic carbocycles. The normalized spacial score (nSPS) is 13.5. The van der Waals surface area contributed by atoms with Gasteiger partial charge in [-0.2, -0.15) is 4.98 Å². The lowest BCUT2D eigenvalue weighted by Gasteiger charge is -2.28. The number of benzene rings is 1. The van der Waals surface area contributed by atoms with Crippen molar-refractivity contribution in [1.29, 1.82) is 0 Å². The molecule has 0 amide bonds. The Balaban J connectivity index is 1.91. The topological polar surface area (TPSA) is 103 Å². The minimum Gasteiger partial charge on any atom is -0.465 e. The molecule has 1 N–H and O–H groups in total. The van der Waals surface area contributed by atoms with Gasteiger partial charge < -0.3 is 15.0 Å². The molecule has 35 heavy (non-hydrogen) atoms. The van der Waals surface area contributed by atoms with E-state index in [2.05, 4.69) is 22.1 Å². The van der Waals surface area contributed by atoms with Gasteiger partial charge >= 0.3 is 11.7 Å². The summed E-state index contributed by atoms with van der Waals surface area (Å²) in [5.74, 6) is 5.91. The number of carbonyl (C=O) groups is 1. The molecule has 0 atom stereocenters. The summed E-state index contributed by atoms with van der Waals surface area (Å²) >= 11 is 0. The third kappa shape index (κ3) is 5.15. The predicted molar refractivity (Wildman–Crippen MR) is 134 cm³/mol. The maximum Gasteiger partial charge on any atom is 0.333 e. The largest absolute Gasteiger partial charge is 0.465 e. The number of nitrogens with zero attached hydrogens (tertiary/aromatic N) is 5. The third-order valence-corrected chi connectivity index (χ3v) is 5.97. The summed E-state index contributed by atoms with van der Waals surface area (Å²) < 4.78 is 9.31. The molecule has 0 radical (unpaired) electrons. The van der Waals surface area contributed by atoms with Crippen LogP contribution in [-0.2, 0) is 35.6 Å². The van der Waals surface area contributed by atoms with E-state index in [1.54, 1.807) is 18.4 Å². The lowest BCUT2D eigenvalue weighted by Crippen LogP contribution is -2.44. The number of hydrogen-bond acceptors (Lipinski definition) is 7. The van der Waals surface area contributed by atoms with Crippen LogP contribution in [0.3, 0.4) is 0 Å². The van der Waals surface area contributed by atoms with Crippen molar-refractivity contribution in [3.05, 3.63) is 56.7 Å². The van der Waals surface area contributed by atoms with Crippen LogP contribution in [0.25, 0.3) is 11.2 Å². The van der Waals surface area contributed by atoms with Gasteiger partial charge in [-0.25, -0.2) is 4.79 Å². The zero-order valence-corrected chi connectivity index (χ0v) is 20.1. The number of ether oxygens (including phenoxy) is 1. The summed E-state index contributed by atoms with van der Waals surface area (Å²) in [6.45, 7) is 6.69. The van der Waals surface area contributed by atoms with E-state index in [4.69, 9.17) is 9.72 Å². The van der Waals surface area contributed by atoms with Gasteiger partial charge in [0.1, 0.15) is 6.54 Å². The van der Waals surface area contributed by atoms with Gasteiger partial charge in [-0.1, -0.05) is 36.3 Å². The van der Waals surface area contributed by atoms with Crippen molar-refractivity contribution in [3.8, 4) is 11.8 Å². The second-order valence-corrected chi connectivity index (χ2v) is 8.20. The van der Waals surface area contributed by atoms with E-state index in [9.17, 15) is 14.4 Å². The summed E-state index contributed by atoms with van der Waals surface area (Å²) in [5, 5.41) is 3.31. The van der Waals surface area contributed by atoms with E-state index in [1.165, 1.54) is 9.13 Å². The molecule has 184 valence electrons. The minimum absolute atomic E-state index is 0.175. The molecule has 4 rings (SSSR count). The summed E-state index contributed by atoms with van der Waals surface area (Å²) in [5.41, 5.74) is 0.425. The molecular weight excluding hydrogens is 448 g/mol. The first-order chi connectivity index (χ1) is 17.0. The van der Waals surface area contributed by atoms with Crippen molar-refractivity contribution in [1.82, 2.24) is 24.0 Å². The number of fused-ring (bicyclic) bond motifs is 1. The molecular formula is C25H30N6O4.